The highest BCUT2D eigenvalue weighted by Gasteiger charge is 2.30. The lowest BCUT2D eigenvalue weighted by molar-refractivity contribution is -0.135. The molecule has 1 saturated carbocycles. The van der Waals surface area contributed by atoms with Crippen LogP contribution in [-0.2, 0) is 22.6 Å². The highest BCUT2D eigenvalue weighted by molar-refractivity contribution is 5.99. The quantitative estimate of drug-likeness (QED) is 0.247. The van der Waals surface area contributed by atoms with E-state index in [-0.39, 0.29) is 24.4 Å². The lowest BCUT2D eigenvalue weighted by Gasteiger charge is -2.36. The second-order valence-electron chi connectivity index (χ2n) is 10.6. The maximum atomic E-state index is 14.1. The molecular formula is C33H43N3O5. The van der Waals surface area contributed by atoms with Gasteiger partial charge in [0.15, 0.2) is 0 Å². The standard InChI is InChI=1S/C33H43N3O5/c1-39-21-11-20-35(33(38)30-18-17-29(40-2)22-31(30)41-3)25-32(37)36(27-14-8-5-9-15-27)24-28-16-10-19-34(28)23-26-12-6-4-7-13-26/h4,6-7,10,12-13,16-19,22,27H,5,8-9,11,14-15,20-21,23-25H2,1-3H3. The van der Waals surface area contributed by atoms with Crippen LogP contribution in [0.2, 0.25) is 0 Å². The van der Waals surface area contributed by atoms with Crippen molar-refractivity contribution in [3.05, 3.63) is 83.7 Å². The number of nitrogens with zero attached hydrogens (tertiary/aromatic N) is 3. The molecule has 0 spiro atoms. The first kappa shape index (κ1) is 30.2. The zero-order chi connectivity index (χ0) is 29.0. The molecule has 8 nitrogen and oxygen atoms in total. The largest absolute Gasteiger partial charge is 0.497 e. The van der Waals surface area contributed by atoms with E-state index in [0.717, 1.165) is 37.9 Å². The lowest BCUT2D eigenvalue weighted by Crippen LogP contribution is -2.48. The van der Waals surface area contributed by atoms with Gasteiger partial charge in [0.2, 0.25) is 5.91 Å². The average Bonchev–Trinajstić information content (AvgIpc) is 3.45. The Balaban J connectivity index is 1.57. The summed E-state index contributed by atoms with van der Waals surface area (Å²) in [6.07, 6.45) is 8.07. The van der Waals surface area contributed by atoms with Crippen LogP contribution in [0.4, 0.5) is 0 Å². The van der Waals surface area contributed by atoms with Gasteiger partial charge >= 0.3 is 0 Å². The maximum Gasteiger partial charge on any atom is 0.258 e. The zero-order valence-electron chi connectivity index (χ0n) is 24.6. The number of benzene rings is 2. The summed E-state index contributed by atoms with van der Waals surface area (Å²) in [5, 5.41) is 0. The molecule has 220 valence electrons. The van der Waals surface area contributed by atoms with E-state index in [0.29, 0.717) is 43.2 Å². The topological polar surface area (TPSA) is 73.2 Å². The SMILES string of the molecule is COCCCN(CC(=O)N(Cc1cccn1Cc1ccccc1)C1CCCCC1)C(=O)c1ccc(OC)cc1OC. The molecule has 0 N–H and O–H groups in total. The van der Waals surface area contributed by atoms with Crippen molar-refractivity contribution in [2.24, 2.45) is 0 Å². The number of hydrogen-bond donors (Lipinski definition) is 0. The van der Waals surface area contributed by atoms with E-state index in [1.165, 1.54) is 19.1 Å². The second-order valence-corrected chi connectivity index (χ2v) is 10.6. The van der Waals surface area contributed by atoms with Crippen LogP contribution in [0.25, 0.3) is 0 Å². The third-order valence-corrected chi connectivity index (χ3v) is 7.82. The molecule has 1 heterocycles. The third-order valence-electron chi connectivity index (χ3n) is 7.82. The molecule has 4 rings (SSSR count). The van der Waals surface area contributed by atoms with Crippen molar-refractivity contribution >= 4 is 11.8 Å². The maximum absolute atomic E-state index is 14.1. The smallest absolute Gasteiger partial charge is 0.258 e. The van der Waals surface area contributed by atoms with Crippen molar-refractivity contribution in [3.63, 3.8) is 0 Å². The summed E-state index contributed by atoms with van der Waals surface area (Å²) in [5.41, 5.74) is 2.70. The number of aromatic nitrogens is 1. The molecule has 8 heteroatoms. The van der Waals surface area contributed by atoms with Crippen LogP contribution in [0.15, 0.2) is 66.9 Å². The van der Waals surface area contributed by atoms with E-state index in [4.69, 9.17) is 14.2 Å². The van der Waals surface area contributed by atoms with Gasteiger partial charge in [-0.3, -0.25) is 9.59 Å². The summed E-state index contributed by atoms with van der Waals surface area (Å²) in [5.74, 6) is 0.733. The van der Waals surface area contributed by atoms with Gasteiger partial charge < -0.3 is 28.6 Å². The summed E-state index contributed by atoms with van der Waals surface area (Å²) < 4.78 is 18.3. The summed E-state index contributed by atoms with van der Waals surface area (Å²) in [6.45, 7) is 2.14. The molecular weight excluding hydrogens is 518 g/mol. The van der Waals surface area contributed by atoms with Crippen LogP contribution in [0.5, 0.6) is 11.5 Å². The molecule has 1 aliphatic carbocycles. The van der Waals surface area contributed by atoms with E-state index in [1.54, 1.807) is 37.3 Å². The summed E-state index contributed by atoms with van der Waals surface area (Å²) in [6, 6.07) is 19.8. The number of carbonyl (C=O) groups excluding carboxylic acids is 2. The Labute approximate surface area is 243 Å². The number of rotatable bonds is 14. The molecule has 3 aromatic rings. The van der Waals surface area contributed by atoms with Crippen molar-refractivity contribution in [3.8, 4) is 11.5 Å². The van der Waals surface area contributed by atoms with E-state index in [9.17, 15) is 9.59 Å². The Bertz CT molecular complexity index is 1250. The highest BCUT2D eigenvalue weighted by atomic mass is 16.5. The van der Waals surface area contributed by atoms with Gasteiger partial charge in [0.25, 0.3) is 5.91 Å². The second kappa shape index (κ2) is 15.3. The van der Waals surface area contributed by atoms with Gasteiger partial charge in [-0.25, -0.2) is 0 Å². The highest BCUT2D eigenvalue weighted by Crippen LogP contribution is 2.27. The Morgan fingerprint density at radius 3 is 2.41 bits per heavy atom. The minimum Gasteiger partial charge on any atom is -0.497 e. The fraction of sp³-hybridized carbons (Fsp3) is 0.455. The first-order chi connectivity index (χ1) is 20.0. The molecule has 2 aromatic carbocycles. The summed E-state index contributed by atoms with van der Waals surface area (Å²) >= 11 is 0. The van der Waals surface area contributed by atoms with Crippen molar-refractivity contribution in [2.75, 3.05) is 41.0 Å². The van der Waals surface area contributed by atoms with Crippen molar-refractivity contribution in [2.45, 2.75) is 57.7 Å². The van der Waals surface area contributed by atoms with Gasteiger partial charge in [-0.2, -0.15) is 0 Å². The van der Waals surface area contributed by atoms with Crippen molar-refractivity contribution in [1.82, 2.24) is 14.4 Å². The minimum absolute atomic E-state index is 0.00632. The lowest BCUT2D eigenvalue weighted by atomic mass is 9.94. The van der Waals surface area contributed by atoms with Gasteiger partial charge in [-0.1, -0.05) is 49.6 Å². The average molecular weight is 562 g/mol. The molecule has 2 amide bonds. The summed E-state index contributed by atoms with van der Waals surface area (Å²) in [7, 11) is 4.74. The van der Waals surface area contributed by atoms with Crippen molar-refractivity contribution < 1.29 is 23.8 Å². The van der Waals surface area contributed by atoms with Gasteiger partial charge in [-0.05, 0) is 49.1 Å². The van der Waals surface area contributed by atoms with Gasteiger partial charge in [0.05, 0.1) is 26.3 Å². The van der Waals surface area contributed by atoms with Gasteiger partial charge in [0.1, 0.15) is 18.0 Å². The molecule has 0 atom stereocenters. The Kier molecular flexibility index (Phi) is 11.3. The van der Waals surface area contributed by atoms with Gasteiger partial charge in [0, 0.05) is 50.8 Å². The fourth-order valence-corrected chi connectivity index (χ4v) is 5.57. The fourth-order valence-electron chi connectivity index (χ4n) is 5.57. The van der Waals surface area contributed by atoms with Crippen LogP contribution in [0.3, 0.4) is 0 Å². The molecule has 1 aliphatic rings. The molecule has 0 saturated heterocycles. The Morgan fingerprint density at radius 2 is 1.71 bits per heavy atom. The number of methoxy groups -OCH3 is 3. The normalized spacial score (nSPS) is 13.5. The molecule has 0 radical (unpaired) electrons. The molecule has 1 fully saturated rings. The minimum atomic E-state index is -0.245. The molecule has 1 aromatic heterocycles. The number of amides is 2. The van der Waals surface area contributed by atoms with E-state index in [2.05, 4.69) is 29.0 Å². The molecule has 41 heavy (non-hydrogen) atoms. The van der Waals surface area contributed by atoms with Crippen LogP contribution in [0.1, 0.15) is 60.1 Å². The summed E-state index contributed by atoms with van der Waals surface area (Å²) in [4.78, 5) is 31.6. The zero-order valence-corrected chi connectivity index (χ0v) is 24.6. The van der Waals surface area contributed by atoms with Crippen LogP contribution >= 0.6 is 0 Å². The molecule has 0 bridgehead atoms. The van der Waals surface area contributed by atoms with Gasteiger partial charge in [-0.15, -0.1) is 0 Å². The molecule has 0 aliphatic heterocycles. The van der Waals surface area contributed by atoms with Crippen molar-refractivity contribution in [1.29, 1.82) is 0 Å². The van der Waals surface area contributed by atoms with Crippen LogP contribution in [0, 0.1) is 0 Å². The third kappa shape index (κ3) is 8.13. The predicted octanol–water partition coefficient (Wildman–Crippen LogP) is 5.39. The predicted molar refractivity (Wildman–Crippen MR) is 159 cm³/mol. The Morgan fingerprint density at radius 1 is 0.927 bits per heavy atom. The number of hydrogen-bond acceptors (Lipinski definition) is 5. The number of ether oxygens (including phenoxy) is 3. The van der Waals surface area contributed by atoms with Crippen LogP contribution < -0.4 is 9.47 Å². The van der Waals surface area contributed by atoms with E-state index in [1.807, 2.05) is 29.2 Å². The van der Waals surface area contributed by atoms with Crippen LogP contribution in [-0.4, -0.2) is 73.2 Å². The molecule has 0 unspecified atom stereocenters. The monoisotopic (exact) mass is 561 g/mol. The Hall–Kier alpha value is -3.78. The first-order valence-electron chi connectivity index (χ1n) is 14.5. The first-order valence-corrected chi connectivity index (χ1v) is 14.5. The van der Waals surface area contributed by atoms with E-state index < -0.39 is 0 Å². The van der Waals surface area contributed by atoms with E-state index >= 15 is 0 Å². The number of carbonyl (C=O) groups is 2.